The van der Waals surface area contributed by atoms with Crippen LogP contribution < -0.4 is 16.2 Å². The fraction of sp³-hybridized carbons (Fsp3) is 0.333. The van der Waals surface area contributed by atoms with E-state index >= 15 is 0 Å². The number of pyridine rings is 1. The van der Waals surface area contributed by atoms with Gasteiger partial charge in [0.05, 0.1) is 0 Å². The monoisotopic (exact) mass is 461 g/mol. The number of hydrogen-bond donors (Lipinski definition) is 3. The maximum atomic E-state index is 14.4. The van der Waals surface area contributed by atoms with Gasteiger partial charge in [-0.05, 0) is 68.1 Å². The molecular formula is C24H24FN7O2. The van der Waals surface area contributed by atoms with Gasteiger partial charge in [-0.1, -0.05) is 6.07 Å². The van der Waals surface area contributed by atoms with Crippen LogP contribution in [0.1, 0.15) is 36.6 Å². The van der Waals surface area contributed by atoms with Crippen LogP contribution in [-0.2, 0) is 25.1 Å². The summed E-state index contributed by atoms with van der Waals surface area (Å²) in [4.78, 5) is 26.4. The van der Waals surface area contributed by atoms with Gasteiger partial charge < -0.3 is 15.7 Å². The molecule has 1 aliphatic heterocycles. The predicted octanol–water partition coefficient (Wildman–Crippen LogP) is 2.51. The van der Waals surface area contributed by atoms with E-state index in [2.05, 4.69) is 37.7 Å². The van der Waals surface area contributed by atoms with Crippen molar-refractivity contribution >= 4 is 22.7 Å². The van der Waals surface area contributed by atoms with E-state index < -0.39 is 11.4 Å². The van der Waals surface area contributed by atoms with E-state index in [4.69, 9.17) is 0 Å². The number of aromatic nitrogens is 5. The number of aliphatic hydroxyl groups is 1. The Morgan fingerprint density at radius 2 is 2.06 bits per heavy atom. The average Bonchev–Trinajstić information content (AvgIpc) is 3.54. The van der Waals surface area contributed by atoms with Crippen molar-refractivity contribution in [2.75, 3.05) is 11.9 Å². The summed E-state index contributed by atoms with van der Waals surface area (Å²) in [7, 11) is 0. The summed E-state index contributed by atoms with van der Waals surface area (Å²) in [5, 5.41) is 17.4. The molecule has 0 saturated heterocycles. The molecule has 0 radical (unpaired) electrons. The minimum atomic E-state index is -1.25. The first-order chi connectivity index (χ1) is 16.5. The molecule has 4 heterocycles. The Morgan fingerprint density at radius 3 is 2.85 bits per heavy atom. The second-order valence-corrected chi connectivity index (χ2v) is 8.83. The van der Waals surface area contributed by atoms with Crippen molar-refractivity contribution in [1.82, 2.24) is 29.6 Å². The smallest absolute Gasteiger partial charge is 0.278 e. The van der Waals surface area contributed by atoms with E-state index in [1.807, 2.05) is 13.0 Å². The Balaban J connectivity index is 1.45. The zero-order chi connectivity index (χ0) is 23.4. The molecule has 1 aliphatic carbocycles. The maximum absolute atomic E-state index is 14.4. The molecule has 1 aromatic carbocycles. The largest absolute Gasteiger partial charge is 0.383 e. The van der Waals surface area contributed by atoms with Crippen LogP contribution in [0.4, 0.5) is 16.0 Å². The van der Waals surface area contributed by atoms with Crippen molar-refractivity contribution < 1.29 is 9.50 Å². The summed E-state index contributed by atoms with van der Waals surface area (Å²) in [5.41, 5.74) is 2.27. The number of anilines is 2. The van der Waals surface area contributed by atoms with E-state index in [0.29, 0.717) is 42.2 Å². The van der Waals surface area contributed by atoms with Gasteiger partial charge in [0.25, 0.3) is 5.56 Å². The van der Waals surface area contributed by atoms with E-state index in [9.17, 15) is 14.3 Å². The number of nitrogens with zero attached hydrogens (tertiary/aromatic N) is 5. The van der Waals surface area contributed by atoms with Gasteiger partial charge in [-0.2, -0.15) is 4.98 Å². The highest BCUT2D eigenvalue weighted by atomic mass is 19.1. The molecule has 4 aromatic rings. The van der Waals surface area contributed by atoms with Gasteiger partial charge in [-0.25, -0.2) is 23.7 Å². The Hall–Kier alpha value is -3.63. The summed E-state index contributed by atoms with van der Waals surface area (Å²) in [5.74, 6) is 0.0911. The normalized spacial score (nSPS) is 16.4. The zero-order valence-electron chi connectivity index (χ0n) is 18.7. The molecule has 3 aromatic heterocycles. The van der Waals surface area contributed by atoms with Gasteiger partial charge in [0.2, 0.25) is 5.95 Å². The third-order valence-electron chi connectivity index (χ3n) is 6.54. The number of nitrogens with one attached hydrogen (secondary N) is 2. The van der Waals surface area contributed by atoms with Crippen LogP contribution in [0, 0.1) is 5.82 Å². The van der Waals surface area contributed by atoms with Gasteiger partial charge in [0.15, 0.2) is 11.5 Å². The highest BCUT2D eigenvalue weighted by Gasteiger charge is 2.46. The molecule has 1 fully saturated rings. The molecule has 0 spiro atoms. The molecule has 0 amide bonds. The maximum Gasteiger partial charge on any atom is 0.278 e. The van der Waals surface area contributed by atoms with Crippen LogP contribution >= 0.6 is 0 Å². The molecule has 1 saturated carbocycles. The highest BCUT2D eigenvalue weighted by Crippen LogP contribution is 2.45. The first-order valence-electron chi connectivity index (χ1n) is 11.4. The minimum Gasteiger partial charge on any atom is -0.383 e. The standard InChI is InChI=1S/C24H24FN7O2/c1-2-31-22(33)17-13-27-23(28-16-4-3-15-12-26-10-7-14(15)11-16)30-21(17)32(31)19-6-5-18(25)20(29-19)24(34)8-9-24/h3-6,11,13,26,34H,2,7-10,12H2,1H3,(H,27,28,30). The molecule has 0 unspecified atom stereocenters. The van der Waals surface area contributed by atoms with Crippen molar-refractivity contribution in [2.45, 2.75) is 44.9 Å². The van der Waals surface area contributed by atoms with Crippen molar-refractivity contribution in [1.29, 1.82) is 0 Å². The molecule has 174 valence electrons. The molecule has 34 heavy (non-hydrogen) atoms. The second kappa shape index (κ2) is 7.71. The predicted molar refractivity (Wildman–Crippen MR) is 125 cm³/mol. The molecule has 0 atom stereocenters. The van der Waals surface area contributed by atoms with Crippen LogP contribution in [0.3, 0.4) is 0 Å². The Labute approximate surface area is 194 Å². The van der Waals surface area contributed by atoms with Crippen molar-refractivity contribution in [2.24, 2.45) is 0 Å². The van der Waals surface area contributed by atoms with Crippen LogP contribution in [0.15, 0.2) is 41.3 Å². The van der Waals surface area contributed by atoms with E-state index in [1.54, 1.807) is 4.68 Å². The quantitative estimate of drug-likeness (QED) is 0.419. The molecule has 3 N–H and O–H groups in total. The summed E-state index contributed by atoms with van der Waals surface area (Å²) >= 11 is 0. The Kier molecular flexibility index (Phi) is 4.75. The number of benzene rings is 1. The first-order valence-corrected chi connectivity index (χ1v) is 11.4. The van der Waals surface area contributed by atoms with E-state index in [-0.39, 0.29) is 11.3 Å². The lowest BCUT2D eigenvalue weighted by Crippen LogP contribution is -2.23. The lowest BCUT2D eigenvalue weighted by atomic mass is 10.0. The van der Waals surface area contributed by atoms with Gasteiger partial charge in [-0.3, -0.25) is 4.79 Å². The Bertz CT molecular complexity index is 1490. The van der Waals surface area contributed by atoms with Gasteiger partial charge >= 0.3 is 0 Å². The van der Waals surface area contributed by atoms with Crippen molar-refractivity contribution in [3.63, 3.8) is 0 Å². The third-order valence-corrected chi connectivity index (χ3v) is 6.54. The zero-order valence-corrected chi connectivity index (χ0v) is 18.7. The minimum absolute atomic E-state index is 0.00194. The lowest BCUT2D eigenvalue weighted by Gasteiger charge is -2.18. The summed E-state index contributed by atoms with van der Waals surface area (Å²) in [6.45, 7) is 3.99. The number of rotatable bonds is 5. The van der Waals surface area contributed by atoms with Gasteiger partial charge in [0, 0.05) is 25.0 Å². The van der Waals surface area contributed by atoms with Crippen molar-refractivity contribution in [3.05, 3.63) is 69.5 Å². The van der Waals surface area contributed by atoms with Crippen LogP contribution in [0.25, 0.3) is 16.9 Å². The van der Waals surface area contributed by atoms with E-state index in [0.717, 1.165) is 25.2 Å². The van der Waals surface area contributed by atoms with Crippen LogP contribution in [0.5, 0.6) is 0 Å². The van der Waals surface area contributed by atoms with Crippen LogP contribution in [0.2, 0.25) is 0 Å². The van der Waals surface area contributed by atoms with Crippen LogP contribution in [-0.4, -0.2) is 36.0 Å². The molecular weight excluding hydrogens is 437 g/mol. The summed E-state index contributed by atoms with van der Waals surface area (Å²) in [6, 6.07) is 8.92. The summed E-state index contributed by atoms with van der Waals surface area (Å²) < 4.78 is 17.5. The fourth-order valence-electron chi connectivity index (χ4n) is 4.52. The molecule has 0 bridgehead atoms. The molecule has 2 aliphatic rings. The lowest BCUT2D eigenvalue weighted by molar-refractivity contribution is 0.141. The Morgan fingerprint density at radius 1 is 1.21 bits per heavy atom. The van der Waals surface area contributed by atoms with Gasteiger partial charge in [0.1, 0.15) is 22.5 Å². The molecule has 9 nitrogen and oxygen atoms in total. The van der Waals surface area contributed by atoms with Crippen molar-refractivity contribution in [3.8, 4) is 5.82 Å². The topological polar surface area (TPSA) is 110 Å². The SMILES string of the molecule is CCn1c(=O)c2cnc(Nc3ccc4c(c3)CCNC4)nc2n1-c1ccc(F)c(C2(O)CC2)n1. The average molecular weight is 462 g/mol. The van der Waals surface area contributed by atoms with E-state index in [1.165, 1.54) is 34.1 Å². The second-order valence-electron chi connectivity index (χ2n) is 8.83. The molecule has 6 rings (SSSR count). The first kappa shape index (κ1) is 20.9. The highest BCUT2D eigenvalue weighted by molar-refractivity contribution is 5.77. The number of fused-ring (bicyclic) bond motifs is 2. The number of halogens is 1. The third kappa shape index (κ3) is 3.37. The fourth-order valence-corrected chi connectivity index (χ4v) is 4.52. The molecule has 10 heteroatoms. The summed E-state index contributed by atoms with van der Waals surface area (Å²) in [6.07, 6.45) is 3.37. The van der Waals surface area contributed by atoms with Gasteiger partial charge in [-0.15, -0.1) is 0 Å². The number of hydrogen-bond acceptors (Lipinski definition) is 7.